The summed E-state index contributed by atoms with van der Waals surface area (Å²) in [7, 11) is 0. The first kappa shape index (κ1) is 13.9. The lowest BCUT2D eigenvalue weighted by Gasteiger charge is -2.12. The number of pyridine rings is 1. The van der Waals surface area contributed by atoms with Gasteiger partial charge in [-0.1, -0.05) is 6.07 Å². The first-order valence-electron chi connectivity index (χ1n) is 6.52. The van der Waals surface area contributed by atoms with Gasteiger partial charge in [0.05, 0.1) is 24.8 Å². The number of hydrogen-bond acceptors (Lipinski definition) is 4. The number of rotatable bonds is 6. The Hall–Kier alpha value is -2.54. The molecule has 0 saturated heterocycles. The van der Waals surface area contributed by atoms with Crippen molar-refractivity contribution in [3.05, 3.63) is 53.9 Å². The van der Waals surface area contributed by atoms with Crippen LogP contribution in [0, 0.1) is 11.3 Å². The lowest BCUT2D eigenvalue weighted by molar-refractivity contribution is 0.279. The third kappa shape index (κ3) is 3.72. The largest absolute Gasteiger partial charge is 0.490 e. The minimum Gasteiger partial charge on any atom is -0.490 e. The van der Waals surface area contributed by atoms with E-state index in [9.17, 15) is 0 Å². The zero-order valence-corrected chi connectivity index (χ0v) is 11.4. The highest BCUT2D eigenvalue weighted by Gasteiger charge is 2.06. The molecule has 0 amide bonds. The van der Waals surface area contributed by atoms with Crippen molar-refractivity contribution in [2.75, 3.05) is 13.2 Å². The fourth-order valence-corrected chi connectivity index (χ4v) is 1.79. The molecule has 0 radical (unpaired) electrons. The Morgan fingerprint density at radius 3 is 2.80 bits per heavy atom. The molecule has 4 heteroatoms. The van der Waals surface area contributed by atoms with Gasteiger partial charge in [0, 0.05) is 24.9 Å². The van der Waals surface area contributed by atoms with Crippen LogP contribution in [0.25, 0.3) is 0 Å². The van der Waals surface area contributed by atoms with Crippen LogP contribution in [0.1, 0.15) is 18.1 Å². The molecule has 0 aliphatic carbocycles. The van der Waals surface area contributed by atoms with Crippen molar-refractivity contribution in [3.63, 3.8) is 0 Å². The third-order valence-electron chi connectivity index (χ3n) is 2.74. The van der Waals surface area contributed by atoms with Crippen molar-refractivity contribution in [1.82, 2.24) is 4.98 Å². The highest BCUT2D eigenvalue weighted by Crippen LogP contribution is 2.28. The van der Waals surface area contributed by atoms with E-state index in [1.54, 1.807) is 24.4 Å². The molecule has 0 aliphatic rings. The van der Waals surface area contributed by atoms with Crippen LogP contribution < -0.4 is 9.47 Å². The van der Waals surface area contributed by atoms with Gasteiger partial charge >= 0.3 is 0 Å². The molecule has 102 valence electrons. The van der Waals surface area contributed by atoms with Gasteiger partial charge in [-0.25, -0.2) is 0 Å². The van der Waals surface area contributed by atoms with Gasteiger partial charge in [-0.15, -0.1) is 0 Å². The van der Waals surface area contributed by atoms with E-state index in [-0.39, 0.29) is 0 Å². The summed E-state index contributed by atoms with van der Waals surface area (Å²) in [5.41, 5.74) is 1.69. The Kier molecular flexibility index (Phi) is 4.96. The molecule has 0 N–H and O–H groups in total. The zero-order chi connectivity index (χ0) is 14.2. The van der Waals surface area contributed by atoms with E-state index in [4.69, 9.17) is 14.7 Å². The average Bonchev–Trinajstić information content (AvgIpc) is 2.50. The molecule has 0 atom stereocenters. The smallest absolute Gasteiger partial charge is 0.162 e. The minimum atomic E-state index is 0.536. The predicted octanol–water partition coefficient (Wildman–Crippen LogP) is 2.97. The van der Waals surface area contributed by atoms with E-state index in [0.717, 1.165) is 12.0 Å². The van der Waals surface area contributed by atoms with Crippen molar-refractivity contribution in [2.24, 2.45) is 0 Å². The summed E-state index contributed by atoms with van der Waals surface area (Å²) in [4.78, 5) is 4.06. The van der Waals surface area contributed by atoms with E-state index in [0.29, 0.717) is 30.3 Å². The Labute approximate surface area is 118 Å². The Balaban J connectivity index is 2.00. The molecule has 2 aromatic rings. The van der Waals surface area contributed by atoms with Crippen molar-refractivity contribution in [2.45, 2.75) is 13.3 Å². The molecular weight excluding hydrogens is 252 g/mol. The maximum absolute atomic E-state index is 8.89. The summed E-state index contributed by atoms with van der Waals surface area (Å²) in [5, 5.41) is 8.89. The van der Waals surface area contributed by atoms with Gasteiger partial charge in [-0.05, 0) is 30.7 Å². The van der Waals surface area contributed by atoms with Crippen molar-refractivity contribution in [3.8, 4) is 17.6 Å². The standard InChI is InChI=1S/C16H16N2O2/c1-2-19-16-10-14(11-17)5-6-15(16)20-9-7-13-4-3-8-18-12-13/h3-6,8,10,12H,2,7,9H2,1H3. The molecule has 1 aromatic carbocycles. The number of hydrogen-bond donors (Lipinski definition) is 0. The molecule has 4 nitrogen and oxygen atoms in total. The van der Waals surface area contributed by atoms with E-state index in [1.807, 2.05) is 25.3 Å². The fourth-order valence-electron chi connectivity index (χ4n) is 1.79. The number of nitriles is 1. The zero-order valence-electron chi connectivity index (χ0n) is 11.4. The quantitative estimate of drug-likeness (QED) is 0.808. The Morgan fingerprint density at radius 1 is 1.20 bits per heavy atom. The monoisotopic (exact) mass is 268 g/mol. The van der Waals surface area contributed by atoms with E-state index >= 15 is 0 Å². The van der Waals surface area contributed by atoms with Gasteiger partial charge in [-0.2, -0.15) is 5.26 Å². The van der Waals surface area contributed by atoms with Crippen LogP contribution in [0.15, 0.2) is 42.7 Å². The highest BCUT2D eigenvalue weighted by atomic mass is 16.5. The number of ether oxygens (including phenoxy) is 2. The molecule has 0 bridgehead atoms. The molecule has 0 saturated carbocycles. The lowest BCUT2D eigenvalue weighted by atomic mass is 10.2. The van der Waals surface area contributed by atoms with E-state index in [2.05, 4.69) is 11.1 Å². The molecule has 20 heavy (non-hydrogen) atoms. The van der Waals surface area contributed by atoms with E-state index in [1.165, 1.54) is 0 Å². The van der Waals surface area contributed by atoms with Crippen LogP contribution in [-0.2, 0) is 6.42 Å². The lowest BCUT2D eigenvalue weighted by Crippen LogP contribution is -2.04. The summed E-state index contributed by atoms with van der Waals surface area (Å²) in [6, 6.07) is 11.2. The Bertz CT molecular complexity index is 591. The van der Waals surface area contributed by atoms with Crippen molar-refractivity contribution in [1.29, 1.82) is 5.26 Å². The maximum Gasteiger partial charge on any atom is 0.162 e. The van der Waals surface area contributed by atoms with Gasteiger partial charge in [0.2, 0.25) is 0 Å². The van der Waals surface area contributed by atoms with Gasteiger partial charge in [0.1, 0.15) is 0 Å². The van der Waals surface area contributed by atoms with Gasteiger partial charge in [0.25, 0.3) is 0 Å². The first-order chi connectivity index (χ1) is 9.83. The van der Waals surface area contributed by atoms with Gasteiger partial charge < -0.3 is 9.47 Å². The minimum absolute atomic E-state index is 0.536. The topological polar surface area (TPSA) is 55.1 Å². The molecule has 1 heterocycles. The van der Waals surface area contributed by atoms with Crippen LogP contribution >= 0.6 is 0 Å². The summed E-state index contributed by atoms with van der Waals surface area (Å²) in [5.74, 6) is 1.27. The summed E-state index contributed by atoms with van der Waals surface area (Å²) in [6.45, 7) is 2.98. The van der Waals surface area contributed by atoms with Crippen molar-refractivity contribution >= 4 is 0 Å². The molecule has 0 fully saturated rings. The van der Waals surface area contributed by atoms with Gasteiger partial charge in [-0.3, -0.25) is 4.98 Å². The number of benzene rings is 1. The Morgan fingerprint density at radius 2 is 2.10 bits per heavy atom. The summed E-state index contributed by atoms with van der Waals surface area (Å²) >= 11 is 0. The fraction of sp³-hybridized carbons (Fsp3) is 0.250. The van der Waals surface area contributed by atoms with Crippen molar-refractivity contribution < 1.29 is 9.47 Å². The molecule has 0 spiro atoms. The number of nitrogens with zero attached hydrogens (tertiary/aromatic N) is 2. The van der Waals surface area contributed by atoms with Gasteiger partial charge in [0.15, 0.2) is 11.5 Å². The molecular formula is C16H16N2O2. The molecule has 1 aromatic heterocycles. The van der Waals surface area contributed by atoms with Crippen LogP contribution in [0.4, 0.5) is 0 Å². The third-order valence-corrected chi connectivity index (χ3v) is 2.74. The molecule has 0 aliphatic heterocycles. The number of aromatic nitrogens is 1. The summed E-state index contributed by atoms with van der Waals surface area (Å²) in [6.07, 6.45) is 4.35. The van der Waals surface area contributed by atoms with Crippen LogP contribution in [0.3, 0.4) is 0 Å². The van der Waals surface area contributed by atoms with Crippen LogP contribution in [0.5, 0.6) is 11.5 Å². The van der Waals surface area contributed by atoms with Crippen LogP contribution in [0.2, 0.25) is 0 Å². The van der Waals surface area contributed by atoms with E-state index < -0.39 is 0 Å². The normalized spacial score (nSPS) is 9.80. The van der Waals surface area contributed by atoms with Crippen LogP contribution in [-0.4, -0.2) is 18.2 Å². The second-order valence-corrected chi connectivity index (χ2v) is 4.17. The maximum atomic E-state index is 8.89. The second kappa shape index (κ2) is 7.15. The first-order valence-corrected chi connectivity index (χ1v) is 6.52. The molecule has 2 rings (SSSR count). The summed E-state index contributed by atoms with van der Waals surface area (Å²) < 4.78 is 11.2. The average molecular weight is 268 g/mol. The SMILES string of the molecule is CCOc1cc(C#N)ccc1OCCc1cccnc1. The predicted molar refractivity (Wildman–Crippen MR) is 75.8 cm³/mol. The second-order valence-electron chi connectivity index (χ2n) is 4.17. The molecule has 0 unspecified atom stereocenters. The highest BCUT2D eigenvalue weighted by molar-refractivity contribution is 5.46.